The van der Waals surface area contributed by atoms with Gasteiger partial charge in [0.05, 0.1) is 6.20 Å². The summed E-state index contributed by atoms with van der Waals surface area (Å²) in [7, 11) is 1.95. The average molecular weight is 193 g/mol. The molecule has 0 aliphatic rings. The summed E-state index contributed by atoms with van der Waals surface area (Å²) in [4.78, 5) is 0. The van der Waals surface area contributed by atoms with Gasteiger partial charge in [-0.15, -0.1) is 0 Å². The summed E-state index contributed by atoms with van der Waals surface area (Å²) in [5, 5.41) is 4.19. The molecule has 0 amide bonds. The highest BCUT2D eigenvalue weighted by Gasteiger charge is 2.04. The Balaban J connectivity index is 3.00. The van der Waals surface area contributed by atoms with Gasteiger partial charge in [-0.25, -0.2) is 0 Å². The van der Waals surface area contributed by atoms with Gasteiger partial charge in [-0.1, -0.05) is 25.5 Å². The van der Waals surface area contributed by atoms with E-state index in [9.17, 15) is 0 Å². The maximum Gasteiger partial charge on any atom is 0.0564 e. The quantitative estimate of drug-likeness (QED) is 0.794. The molecular weight excluding hydrogens is 174 g/mol. The number of aryl methyl sites for hydroxylation is 1. The predicted octanol–water partition coefficient (Wildman–Crippen LogP) is 1.73. The minimum absolute atomic E-state index is 0.500. The van der Waals surface area contributed by atoms with E-state index in [1.54, 1.807) is 0 Å². The predicted molar refractivity (Wildman–Crippen MR) is 59.8 cm³/mol. The first kappa shape index (κ1) is 11.0. The molecule has 0 saturated carbocycles. The van der Waals surface area contributed by atoms with Crippen LogP contribution in [0.5, 0.6) is 0 Å². The van der Waals surface area contributed by atoms with E-state index in [4.69, 9.17) is 5.73 Å². The first-order valence-corrected chi connectivity index (χ1v) is 4.95. The van der Waals surface area contributed by atoms with E-state index < -0.39 is 0 Å². The smallest absolute Gasteiger partial charge is 0.0564 e. The second kappa shape index (κ2) is 4.42. The monoisotopic (exact) mass is 193 g/mol. The molecule has 14 heavy (non-hydrogen) atoms. The van der Waals surface area contributed by atoms with E-state index in [0.29, 0.717) is 12.5 Å². The molecule has 0 atom stereocenters. The van der Waals surface area contributed by atoms with Gasteiger partial charge in [-0.2, -0.15) is 5.10 Å². The van der Waals surface area contributed by atoms with Crippen molar-refractivity contribution in [3.8, 4) is 0 Å². The molecule has 1 heterocycles. The molecule has 0 aliphatic heterocycles. The Hall–Kier alpha value is -1.09. The lowest BCUT2D eigenvalue weighted by molar-refractivity contribution is 0.739. The van der Waals surface area contributed by atoms with Crippen molar-refractivity contribution in [1.82, 2.24) is 9.78 Å². The van der Waals surface area contributed by atoms with Crippen LogP contribution in [-0.4, -0.2) is 16.3 Å². The molecular formula is C11H19N3. The van der Waals surface area contributed by atoms with E-state index >= 15 is 0 Å². The number of nitrogens with two attached hydrogens (primary N) is 1. The van der Waals surface area contributed by atoms with Crippen LogP contribution in [0.2, 0.25) is 0 Å². The first-order valence-electron chi connectivity index (χ1n) is 4.95. The highest BCUT2D eigenvalue weighted by atomic mass is 15.3. The molecule has 3 nitrogen and oxygen atoms in total. The van der Waals surface area contributed by atoms with E-state index in [1.165, 1.54) is 16.8 Å². The second-order valence-corrected chi connectivity index (χ2v) is 3.89. The molecule has 0 aromatic carbocycles. The van der Waals surface area contributed by atoms with Crippen LogP contribution in [0.25, 0.3) is 6.08 Å². The van der Waals surface area contributed by atoms with Gasteiger partial charge < -0.3 is 5.73 Å². The zero-order valence-electron chi connectivity index (χ0n) is 9.41. The molecule has 0 saturated heterocycles. The minimum atomic E-state index is 0.500. The molecule has 0 bridgehead atoms. The Morgan fingerprint density at radius 2 is 2.29 bits per heavy atom. The van der Waals surface area contributed by atoms with Gasteiger partial charge in [-0.3, -0.25) is 4.68 Å². The fraction of sp³-hybridized carbons (Fsp3) is 0.545. The zero-order valence-corrected chi connectivity index (χ0v) is 9.41. The first-order chi connectivity index (χ1) is 6.56. The molecule has 1 rings (SSSR count). The van der Waals surface area contributed by atoms with Crippen molar-refractivity contribution in [3.05, 3.63) is 23.0 Å². The molecule has 0 aliphatic carbocycles. The van der Waals surface area contributed by atoms with E-state index in [2.05, 4.69) is 31.9 Å². The largest absolute Gasteiger partial charge is 0.327 e. The zero-order chi connectivity index (χ0) is 10.7. The fourth-order valence-electron chi connectivity index (χ4n) is 1.32. The third kappa shape index (κ3) is 2.23. The third-order valence-corrected chi connectivity index (χ3v) is 2.59. The summed E-state index contributed by atoms with van der Waals surface area (Å²) in [5.41, 5.74) is 9.29. The molecule has 0 radical (unpaired) electrons. The van der Waals surface area contributed by atoms with Crippen LogP contribution in [0.4, 0.5) is 0 Å². The van der Waals surface area contributed by atoms with Crippen LogP contribution in [0, 0.1) is 12.8 Å². The summed E-state index contributed by atoms with van der Waals surface area (Å²) in [6.07, 6.45) is 4.03. The normalized spacial score (nSPS) is 12.6. The molecule has 1 aromatic heterocycles. The van der Waals surface area contributed by atoms with Gasteiger partial charge in [-0.05, 0) is 12.8 Å². The van der Waals surface area contributed by atoms with Crippen molar-refractivity contribution in [1.29, 1.82) is 0 Å². The van der Waals surface area contributed by atoms with Crippen LogP contribution in [-0.2, 0) is 7.05 Å². The summed E-state index contributed by atoms with van der Waals surface area (Å²) >= 11 is 0. The van der Waals surface area contributed by atoms with E-state index in [-0.39, 0.29) is 0 Å². The van der Waals surface area contributed by atoms with Crippen LogP contribution in [0.15, 0.2) is 11.8 Å². The number of hydrogen-bond acceptors (Lipinski definition) is 2. The SMILES string of the molecule is Cc1c(C=C(CN)C(C)C)cnn1C. The van der Waals surface area contributed by atoms with Crippen LogP contribution in [0.1, 0.15) is 25.1 Å². The summed E-state index contributed by atoms with van der Waals surface area (Å²) in [6, 6.07) is 0. The summed E-state index contributed by atoms with van der Waals surface area (Å²) < 4.78 is 1.88. The molecule has 0 spiro atoms. The summed E-state index contributed by atoms with van der Waals surface area (Å²) in [5.74, 6) is 0.500. The molecule has 3 heteroatoms. The number of aromatic nitrogens is 2. The van der Waals surface area contributed by atoms with Crippen LogP contribution < -0.4 is 5.73 Å². The second-order valence-electron chi connectivity index (χ2n) is 3.89. The van der Waals surface area contributed by atoms with Crippen LogP contribution in [0.3, 0.4) is 0 Å². The Bertz CT molecular complexity index is 334. The Kier molecular flexibility index (Phi) is 3.47. The lowest BCUT2D eigenvalue weighted by atomic mass is 10.0. The molecule has 78 valence electrons. The highest BCUT2D eigenvalue weighted by molar-refractivity contribution is 5.55. The maximum absolute atomic E-state index is 5.68. The average Bonchev–Trinajstić information content (AvgIpc) is 2.44. The third-order valence-electron chi connectivity index (χ3n) is 2.59. The molecule has 0 fully saturated rings. The van der Waals surface area contributed by atoms with Gasteiger partial charge >= 0.3 is 0 Å². The standard InChI is InChI=1S/C11H19N3/c1-8(2)10(6-12)5-11-7-13-14(4)9(11)3/h5,7-8H,6,12H2,1-4H3. The highest BCUT2D eigenvalue weighted by Crippen LogP contribution is 2.15. The van der Waals surface area contributed by atoms with Gasteiger partial charge in [0, 0.05) is 24.8 Å². The van der Waals surface area contributed by atoms with Gasteiger partial charge in [0.25, 0.3) is 0 Å². The Labute approximate surface area is 85.6 Å². The Morgan fingerprint density at radius 1 is 1.64 bits per heavy atom. The number of nitrogens with zero attached hydrogens (tertiary/aromatic N) is 2. The van der Waals surface area contributed by atoms with Gasteiger partial charge in [0.1, 0.15) is 0 Å². The lowest BCUT2D eigenvalue weighted by Crippen LogP contribution is -2.08. The van der Waals surface area contributed by atoms with Crippen LogP contribution >= 0.6 is 0 Å². The van der Waals surface area contributed by atoms with Gasteiger partial charge in [0.15, 0.2) is 0 Å². The van der Waals surface area contributed by atoms with Crippen molar-refractivity contribution in [2.24, 2.45) is 18.7 Å². The number of hydrogen-bond donors (Lipinski definition) is 1. The van der Waals surface area contributed by atoms with Crippen molar-refractivity contribution in [2.75, 3.05) is 6.54 Å². The van der Waals surface area contributed by atoms with E-state index in [0.717, 1.165) is 0 Å². The lowest BCUT2D eigenvalue weighted by Gasteiger charge is -2.08. The number of rotatable bonds is 3. The molecule has 0 unspecified atom stereocenters. The fourth-order valence-corrected chi connectivity index (χ4v) is 1.32. The van der Waals surface area contributed by atoms with Gasteiger partial charge in [0.2, 0.25) is 0 Å². The van der Waals surface area contributed by atoms with Crippen molar-refractivity contribution in [2.45, 2.75) is 20.8 Å². The van der Waals surface area contributed by atoms with E-state index in [1.807, 2.05) is 17.9 Å². The molecule has 2 N–H and O–H groups in total. The minimum Gasteiger partial charge on any atom is -0.327 e. The maximum atomic E-state index is 5.68. The summed E-state index contributed by atoms with van der Waals surface area (Å²) in [6.45, 7) is 6.99. The topological polar surface area (TPSA) is 43.8 Å². The molecule has 1 aromatic rings. The van der Waals surface area contributed by atoms with Crippen molar-refractivity contribution >= 4 is 6.08 Å². The van der Waals surface area contributed by atoms with Crippen molar-refractivity contribution in [3.63, 3.8) is 0 Å². The Morgan fingerprint density at radius 3 is 2.64 bits per heavy atom. The van der Waals surface area contributed by atoms with Crippen molar-refractivity contribution < 1.29 is 0 Å².